The van der Waals surface area contributed by atoms with E-state index >= 15 is 0 Å². The number of aromatic nitrogens is 2. The van der Waals surface area contributed by atoms with Crippen molar-refractivity contribution in [3.63, 3.8) is 0 Å². The second kappa shape index (κ2) is 7.09. The van der Waals surface area contributed by atoms with Gasteiger partial charge in [-0.15, -0.1) is 22.7 Å². The molecule has 0 spiro atoms. The van der Waals surface area contributed by atoms with Crippen LogP contribution < -0.4 is 10.9 Å². The average molecular weight is 403 g/mol. The van der Waals surface area contributed by atoms with Gasteiger partial charge in [-0.1, -0.05) is 13.8 Å². The quantitative estimate of drug-likeness (QED) is 0.654. The summed E-state index contributed by atoms with van der Waals surface area (Å²) in [4.78, 5) is 28.3. The van der Waals surface area contributed by atoms with Crippen LogP contribution in [-0.4, -0.2) is 21.6 Å². The van der Waals surface area contributed by atoms with E-state index < -0.39 is 0 Å². The number of nitrogens with one attached hydrogen (secondary N) is 2. The predicted octanol–water partition coefficient (Wildman–Crippen LogP) is 3.69. The molecular formula is C19H22N4O2S2. The molecule has 3 aromatic heterocycles. The van der Waals surface area contributed by atoms with Crippen LogP contribution in [0, 0.1) is 12.8 Å². The van der Waals surface area contributed by atoms with Crippen LogP contribution in [0.25, 0.3) is 10.2 Å². The van der Waals surface area contributed by atoms with Gasteiger partial charge < -0.3 is 0 Å². The fraction of sp³-hybridized carbons (Fsp3) is 0.421. The van der Waals surface area contributed by atoms with E-state index in [2.05, 4.69) is 29.8 Å². The summed E-state index contributed by atoms with van der Waals surface area (Å²) in [6, 6.07) is 3.79. The van der Waals surface area contributed by atoms with Crippen LogP contribution in [0.2, 0.25) is 0 Å². The molecule has 0 saturated carbocycles. The van der Waals surface area contributed by atoms with Gasteiger partial charge in [0, 0.05) is 16.8 Å². The Bertz CT molecular complexity index is 1010. The molecule has 27 heavy (non-hydrogen) atoms. The molecule has 0 saturated heterocycles. The lowest BCUT2D eigenvalue weighted by Gasteiger charge is -2.06. The Morgan fingerprint density at radius 1 is 1.15 bits per heavy atom. The topological polar surface area (TPSA) is 76.0 Å². The summed E-state index contributed by atoms with van der Waals surface area (Å²) in [5, 5.41) is 5.55. The SMILES string of the molecule is Cc1nn(CC(C)C)c2sc(C(=O)NNC(=O)c3cc4c(s3)CCC4)cc12. The minimum absolute atomic E-state index is 0.258. The van der Waals surface area contributed by atoms with Gasteiger partial charge in [-0.25, -0.2) is 0 Å². The first kappa shape index (κ1) is 18.2. The van der Waals surface area contributed by atoms with E-state index in [9.17, 15) is 9.59 Å². The van der Waals surface area contributed by atoms with Crippen LogP contribution in [0.3, 0.4) is 0 Å². The number of thiophene rings is 2. The van der Waals surface area contributed by atoms with E-state index in [4.69, 9.17) is 0 Å². The van der Waals surface area contributed by atoms with Crippen LogP contribution in [0.1, 0.15) is 55.7 Å². The molecule has 6 nitrogen and oxygen atoms in total. The van der Waals surface area contributed by atoms with Crippen molar-refractivity contribution in [1.82, 2.24) is 20.6 Å². The van der Waals surface area contributed by atoms with Crippen molar-refractivity contribution in [3.05, 3.63) is 38.0 Å². The van der Waals surface area contributed by atoms with Gasteiger partial charge in [0.2, 0.25) is 0 Å². The molecule has 0 bridgehead atoms. The van der Waals surface area contributed by atoms with Gasteiger partial charge in [-0.2, -0.15) is 5.10 Å². The van der Waals surface area contributed by atoms with Crippen molar-refractivity contribution in [1.29, 1.82) is 0 Å². The molecule has 1 aliphatic carbocycles. The first-order valence-electron chi connectivity index (χ1n) is 9.11. The molecule has 0 fully saturated rings. The second-order valence-electron chi connectivity index (χ2n) is 7.31. The minimum atomic E-state index is -0.302. The molecular weight excluding hydrogens is 380 g/mol. The summed E-state index contributed by atoms with van der Waals surface area (Å²) in [6.07, 6.45) is 3.26. The van der Waals surface area contributed by atoms with Crippen molar-refractivity contribution in [2.45, 2.75) is 46.6 Å². The number of rotatable bonds is 4. The number of carbonyl (C=O) groups excluding carboxylic acids is 2. The van der Waals surface area contributed by atoms with Gasteiger partial charge in [0.25, 0.3) is 11.8 Å². The highest BCUT2D eigenvalue weighted by molar-refractivity contribution is 7.20. The van der Waals surface area contributed by atoms with Crippen molar-refractivity contribution >= 4 is 44.7 Å². The molecule has 0 unspecified atom stereocenters. The Hall–Kier alpha value is -2.19. The number of hydrogen-bond acceptors (Lipinski definition) is 5. The summed E-state index contributed by atoms with van der Waals surface area (Å²) in [7, 11) is 0. The molecule has 0 atom stereocenters. The maximum atomic E-state index is 12.5. The molecule has 3 heterocycles. The van der Waals surface area contributed by atoms with Crippen molar-refractivity contribution in [3.8, 4) is 0 Å². The Morgan fingerprint density at radius 2 is 1.85 bits per heavy atom. The summed E-state index contributed by atoms with van der Waals surface area (Å²) >= 11 is 2.92. The Balaban J connectivity index is 1.45. The van der Waals surface area contributed by atoms with Gasteiger partial charge in [0.05, 0.1) is 15.4 Å². The molecule has 142 valence electrons. The van der Waals surface area contributed by atoms with E-state index in [0.717, 1.165) is 35.3 Å². The number of fused-ring (bicyclic) bond motifs is 2. The van der Waals surface area contributed by atoms with Crippen molar-refractivity contribution < 1.29 is 9.59 Å². The lowest BCUT2D eigenvalue weighted by molar-refractivity contribution is 0.0851. The Kier molecular flexibility index (Phi) is 4.77. The highest BCUT2D eigenvalue weighted by Gasteiger charge is 2.20. The average Bonchev–Trinajstić information content (AvgIpc) is 3.34. The number of hydrogen-bond donors (Lipinski definition) is 2. The van der Waals surface area contributed by atoms with E-state index in [1.807, 2.05) is 23.7 Å². The molecule has 3 aromatic rings. The summed E-state index contributed by atoms with van der Waals surface area (Å²) in [5.41, 5.74) is 7.27. The first-order valence-corrected chi connectivity index (χ1v) is 10.7. The normalized spacial score (nSPS) is 13.3. The van der Waals surface area contributed by atoms with Gasteiger partial charge in [0.1, 0.15) is 4.83 Å². The standard InChI is InChI=1S/C19H22N4O2S2/c1-10(2)9-23-19-13(11(3)22-23)8-16(27-19)18(25)21-20-17(24)15-7-12-5-4-6-14(12)26-15/h7-8,10H,4-6,9H2,1-3H3,(H,20,24)(H,21,25). The number of hydrazine groups is 1. The first-order chi connectivity index (χ1) is 12.9. The molecule has 0 aromatic carbocycles. The lowest BCUT2D eigenvalue weighted by atomic mass is 10.2. The van der Waals surface area contributed by atoms with Crippen molar-refractivity contribution in [2.24, 2.45) is 5.92 Å². The van der Waals surface area contributed by atoms with Gasteiger partial charge in [-0.05, 0) is 49.8 Å². The highest BCUT2D eigenvalue weighted by atomic mass is 32.1. The molecule has 0 radical (unpaired) electrons. The molecule has 8 heteroatoms. The molecule has 2 N–H and O–H groups in total. The summed E-state index contributed by atoms with van der Waals surface area (Å²) in [6.45, 7) is 7.04. The van der Waals surface area contributed by atoms with Gasteiger partial charge in [-0.3, -0.25) is 25.1 Å². The second-order valence-corrected chi connectivity index (χ2v) is 9.48. The van der Waals surface area contributed by atoms with Crippen LogP contribution >= 0.6 is 22.7 Å². The number of carbonyl (C=O) groups is 2. The largest absolute Gasteiger partial charge is 0.279 e. The predicted molar refractivity (Wildman–Crippen MR) is 108 cm³/mol. The zero-order valence-corrected chi connectivity index (χ0v) is 17.2. The Labute approximate surface area is 165 Å². The fourth-order valence-corrected chi connectivity index (χ4v) is 5.59. The third-order valence-corrected chi connectivity index (χ3v) is 7.01. The highest BCUT2D eigenvalue weighted by Crippen LogP contribution is 2.31. The zero-order valence-electron chi connectivity index (χ0n) is 15.6. The van der Waals surface area contributed by atoms with Crippen molar-refractivity contribution in [2.75, 3.05) is 0 Å². The third-order valence-electron chi connectivity index (χ3n) is 4.63. The monoisotopic (exact) mass is 402 g/mol. The number of nitrogens with zero attached hydrogens (tertiary/aromatic N) is 2. The molecule has 0 aliphatic heterocycles. The minimum Gasteiger partial charge on any atom is -0.266 e. The molecule has 2 amide bonds. The molecule has 4 rings (SSSR count). The smallest absolute Gasteiger partial charge is 0.266 e. The summed E-state index contributed by atoms with van der Waals surface area (Å²) in [5.74, 6) is -0.0891. The van der Waals surface area contributed by atoms with Gasteiger partial charge in [0.15, 0.2) is 0 Å². The Morgan fingerprint density at radius 3 is 2.52 bits per heavy atom. The van der Waals surface area contributed by atoms with Gasteiger partial charge >= 0.3 is 0 Å². The van der Waals surface area contributed by atoms with Crippen LogP contribution in [0.5, 0.6) is 0 Å². The van der Waals surface area contributed by atoms with E-state index in [1.54, 1.807) is 0 Å². The lowest BCUT2D eigenvalue weighted by Crippen LogP contribution is -2.41. The third kappa shape index (κ3) is 3.51. The van der Waals surface area contributed by atoms with Crippen LogP contribution in [0.15, 0.2) is 12.1 Å². The van der Waals surface area contributed by atoms with Crippen LogP contribution in [-0.2, 0) is 19.4 Å². The van der Waals surface area contributed by atoms with E-state index in [1.165, 1.54) is 39.5 Å². The molecule has 1 aliphatic rings. The van der Waals surface area contributed by atoms with Crippen LogP contribution in [0.4, 0.5) is 0 Å². The maximum absolute atomic E-state index is 12.5. The van der Waals surface area contributed by atoms with E-state index in [0.29, 0.717) is 15.7 Å². The van der Waals surface area contributed by atoms with E-state index in [-0.39, 0.29) is 11.8 Å². The summed E-state index contributed by atoms with van der Waals surface area (Å²) < 4.78 is 1.96. The fourth-order valence-electron chi connectivity index (χ4n) is 3.37. The number of aryl methyl sites for hydroxylation is 3. The zero-order chi connectivity index (χ0) is 19.1. The number of amides is 2. The maximum Gasteiger partial charge on any atom is 0.279 e.